The van der Waals surface area contributed by atoms with Crippen LogP contribution in [0, 0.1) is 37.5 Å². The van der Waals surface area contributed by atoms with Gasteiger partial charge in [-0.2, -0.15) is 0 Å². The number of nitrogens with zero attached hydrogens (tertiary/aromatic N) is 1. The average molecular weight is 490 g/mol. The predicted octanol–water partition coefficient (Wildman–Crippen LogP) is 2.86. The van der Waals surface area contributed by atoms with E-state index in [9.17, 15) is 19.5 Å². The number of nitrogens with one attached hydrogen (secondary N) is 2. The second-order valence-electron chi connectivity index (χ2n) is 9.96. The van der Waals surface area contributed by atoms with Crippen molar-refractivity contribution in [1.82, 2.24) is 10.2 Å². The molecule has 2 aromatic rings. The van der Waals surface area contributed by atoms with Gasteiger partial charge in [-0.15, -0.1) is 0 Å². The molecule has 190 valence electrons. The van der Waals surface area contributed by atoms with Gasteiger partial charge in [0.2, 0.25) is 17.7 Å². The number of rotatable bonds is 7. The van der Waals surface area contributed by atoms with Crippen LogP contribution in [-0.2, 0) is 20.8 Å². The highest BCUT2D eigenvalue weighted by atomic mass is 16.3. The molecule has 6 atom stereocenters. The standard InChI is InChI=1S/C29H35N3O4/c1-17-13-14-22-24(23(17)27(34)30-4)29(36)32(21(16-33)15-20-11-6-5-7-12-20)26(22)28(35)31-25-18(2)9-8-10-19(25)3/h5-14,17,21-24,26,33H,15-16H2,1-4H3,(H,30,34)(H,31,35)/t17-,21-,22+,23-,24+,26+/m1/s1. The summed E-state index contributed by atoms with van der Waals surface area (Å²) in [7, 11) is 1.57. The van der Waals surface area contributed by atoms with Gasteiger partial charge in [-0.25, -0.2) is 0 Å². The van der Waals surface area contributed by atoms with Crippen molar-refractivity contribution in [3.63, 3.8) is 0 Å². The predicted molar refractivity (Wildman–Crippen MR) is 139 cm³/mol. The zero-order chi connectivity index (χ0) is 26.0. The minimum atomic E-state index is -0.849. The molecule has 0 aromatic heterocycles. The van der Waals surface area contributed by atoms with E-state index < -0.39 is 29.8 Å². The number of allylic oxidation sites excluding steroid dienone is 1. The van der Waals surface area contributed by atoms with Gasteiger partial charge >= 0.3 is 0 Å². The zero-order valence-electron chi connectivity index (χ0n) is 21.3. The van der Waals surface area contributed by atoms with Crippen molar-refractivity contribution >= 4 is 23.4 Å². The molecule has 7 nitrogen and oxygen atoms in total. The van der Waals surface area contributed by atoms with E-state index in [0.29, 0.717) is 6.42 Å². The molecule has 1 fully saturated rings. The molecule has 7 heteroatoms. The third-order valence-corrected chi connectivity index (χ3v) is 7.67. The van der Waals surface area contributed by atoms with E-state index in [1.807, 2.05) is 81.5 Å². The normalized spacial score (nSPS) is 25.9. The molecule has 2 aliphatic rings. The Morgan fingerprint density at radius 1 is 1.00 bits per heavy atom. The van der Waals surface area contributed by atoms with Crippen LogP contribution < -0.4 is 10.6 Å². The lowest BCUT2D eigenvalue weighted by Crippen LogP contribution is -2.51. The molecule has 1 aliphatic heterocycles. The number of fused-ring (bicyclic) bond motifs is 1. The quantitative estimate of drug-likeness (QED) is 0.521. The Labute approximate surface area is 212 Å². The summed E-state index contributed by atoms with van der Waals surface area (Å²) in [5.74, 6) is -2.69. The minimum Gasteiger partial charge on any atom is -0.394 e. The monoisotopic (exact) mass is 489 g/mol. The van der Waals surface area contributed by atoms with Crippen LogP contribution in [0.3, 0.4) is 0 Å². The second kappa shape index (κ2) is 10.7. The van der Waals surface area contributed by atoms with Crippen LogP contribution in [0.25, 0.3) is 0 Å². The number of aryl methyl sites for hydroxylation is 2. The van der Waals surface area contributed by atoms with E-state index >= 15 is 0 Å². The van der Waals surface area contributed by atoms with Gasteiger partial charge in [0.25, 0.3) is 0 Å². The first-order valence-electron chi connectivity index (χ1n) is 12.5. The number of likely N-dealkylation sites (tertiary alicyclic amines) is 1. The van der Waals surface area contributed by atoms with E-state index in [4.69, 9.17) is 0 Å². The van der Waals surface area contributed by atoms with Crippen molar-refractivity contribution in [2.75, 3.05) is 19.0 Å². The van der Waals surface area contributed by atoms with E-state index in [-0.39, 0.29) is 30.2 Å². The lowest BCUT2D eigenvalue weighted by molar-refractivity contribution is -0.142. The maximum atomic E-state index is 14.0. The van der Waals surface area contributed by atoms with Crippen LogP contribution in [-0.4, -0.2) is 53.5 Å². The van der Waals surface area contributed by atoms with Gasteiger partial charge in [0.1, 0.15) is 6.04 Å². The number of carbonyl (C=O) groups excluding carboxylic acids is 3. The molecule has 4 rings (SSSR count). The Balaban J connectivity index is 1.76. The molecule has 1 aliphatic carbocycles. The van der Waals surface area contributed by atoms with E-state index in [2.05, 4.69) is 10.6 Å². The fourth-order valence-electron chi connectivity index (χ4n) is 5.85. The van der Waals surface area contributed by atoms with Crippen LogP contribution in [0.15, 0.2) is 60.7 Å². The van der Waals surface area contributed by atoms with Crippen molar-refractivity contribution in [1.29, 1.82) is 0 Å². The first-order valence-corrected chi connectivity index (χ1v) is 12.5. The highest BCUT2D eigenvalue weighted by Gasteiger charge is 2.58. The third kappa shape index (κ3) is 4.67. The summed E-state index contributed by atoms with van der Waals surface area (Å²) in [6, 6.07) is 14.0. The Kier molecular flexibility index (Phi) is 7.59. The topological polar surface area (TPSA) is 98.7 Å². The number of carbonyl (C=O) groups is 3. The molecule has 3 amide bonds. The first kappa shape index (κ1) is 25.6. The second-order valence-corrected chi connectivity index (χ2v) is 9.96. The van der Waals surface area contributed by atoms with Gasteiger partial charge in [0.15, 0.2) is 0 Å². The summed E-state index contributed by atoms with van der Waals surface area (Å²) in [5.41, 5.74) is 3.53. The fraction of sp³-hybridized carbons (Fsp3) is 0.414. The average Bonchev–Trinajstić information content (AvgIpc) is 3.17. The number of aliphatic hydroxyl groups excluding tert-OH is 1. The Hall–Kier alpha value is -3.45. The Morgan fingerprint density at radius 3 is 2.28 bits per heavy atom. The molecule has 36 heavy (non-hydrogen) atoms. The number of anilines is 1. The largest absolute Gasteiger partial charge is 0.394 e. The summed E-state index contributed by atoms with van der Waals surface area (Å²) >= 11 is 0. The molecule has 0 unspecified atom stereocenters. The smallest absolute Gasteiger partial charge is 0.247 e. The van der Waals surface area contributed by atoms with Crippen molar-refractivity contribution in [2.45, 2.75) is 39.3 Å². The lowest BCUT2D eigenvalue weighted by Gasteiger charge is -2.33. The summed E-state index contributed by atoms with van der Waals surface area (Å²) in [4.78, 5) is 42.4. The van der Waals surface area contributed by atoms with Gasteiger partial charge in [0.05, 0.1) is 24.5 Å². The van der Waals surface area contributed by atoms with E-state index in [1.165, 1.54) is 0 Å². The van der Waals surface area contributed by atoms with E-state index in [1.54, 1.807) is 11.9 Å². The molecule has 1 heterocycles. The Bertz CT molecular complexity index is 1140. The van der Waals surface area contributed by atoms with Crippen molar-refractivity contribution in [3.05, 3.63) is 77.4 Å². The first-order chi connectivity index (χ1) is 17.3. The number of amides is 3. The summed E-state index contributed by atoms with van der Waals surface area (Å²) in [6.07, 6.45) is 4.25. The molecule has 3 N–H and O–H groups in total. The molecule has 0 radical (unpaired) electrons. The maximum Gasteiger partial charge on any atom is 0.247 e. The molecular formula is C29H35N3O4. The Morgan fingerprint density at radius 2 is 1.67 bits per heavy atom. The van der Waals surface area contributed by atoms with Crippen molar-refractivity contribution in [3.8, 4) is 0 Å². The highest BCUT2D eigenvalue weighted by molar-refractivity contribution is 6.02. The number of hydrogen-bond acceptors (Lipinski definition) is 4. The number of para-hydroxylation sites is 1. The molecule has 0 saturated carbocycles. The molecular weight excluding hydrogens is 454 g/mol. The van der Waals surface area contributed by atoms with Gasteiger partial charge in [-0.1, -0.05) is 67.6 Å². The van der Waals surface area contributed by atoms with E-state index in [0.717, 1.165) is 22.4 Å². The number of benzene rings is 2. The summed E-state index contributed by atoms with van der Waals surface area (Å²) < 4.78 is 0. The molecule has 0 spiro atoms. The van der Waals surface area contributed by atoms with Crippen LogP contribution in [0.5, 0.6) is 0 Å². The van der Waals surface area contributed by atoms with Crippen LogP contribution in [0.2, 0.25) is 0 Å². The van der Waals surface area contributed by atoms with Crippen molar-refractivity contribution in [2.24, 2.45) is 23.7 Å². The molecule has 0 bridgehead atoms. The van der Waals surface area contributed by atoms with Gasteiger partial charge < -0.3 is 20.6 Å². The fourth-order valence-corrected chi connectivity index (χ4v) is 5.85. The van der Waals surface area contributed by atoms with Crippen LogP contribution >= 0.6 is 0 Å². The van der Waals surface area contributed by atoms with Crippen molar-refractivity contribution < 1.29 is 19.5 Å². The van der Waals surface area contributed by atoms with Crippen LogP contribution in [0.1, 0.15) is 23.6 Å². The van der Waals surface area contributed by atoms with Crippen LogP contribution in [0.4, 0.5) is 5.69 Å². The number of hydrogen-bond donors (Lipinski definition) is 3. The highest BCUT2D eigenvalue weighted by Crippen LogP contribution is 2.45. The molecule has 1 saturated heterocycles. The lowest BCUT2D eigenvalue weighted by atomic mass is 9.70. The SMILES string of the molecule is CNC(=O)[C@H]1[C@H]2C(=O)N([C@@H](CO)Cc3ccccc3)[C@H](C(=O)Nc3c(C)cccc3C)[C@H]2C=C[C@H]1C. The van der Waals surface area contributed by atoms with Gasteiger partial charge in [0, 0.05) is 18.7 Å². The van der Waals surface area contributed by atoms with Gasteiger partial charge in [-0.05, 0) is 42.9 Å². The zero-order valence-corrected chi connectivity index (χ0v) is 21.3. The number of aliphatic hydroxyl groups is 1. The van der Waals surface area contributed by atoms with Gasteiger partial charge in [-0.3, -0.25) is 14.4 Å². The minimum absolute atomic E-state index is 0.154. The third-order valence-electron chi connectivity index (χ3n) is 7.67. The maximum absolute atomic E-state index is 14.0. The molecule has 2 aromatic carbocycles. The summed E-state index contributed by atoms with van der Waals surface area (Å²) in [5, 5.41) is 16.2. The summed E-state index contributed by atoms with van der Waals surface area (Å²) in [6.45, 7) is 5.48.